The Kier molecular flexibility index (Phi) is 4.15. The molecule has 0 saturated carbocycles. The molecule has 0 aliphatic carbocycles. The molecular weight excluding hydrogens is 220 g/mol. The van der Waals surface area contributed by atoms with Gasteiger partial charge < -0.3 is 0 Å². The van der Waals surface area contributed by atoms with E-state index >= 15 is 0 Å². The fourth-order valence-electron chi connectivity index (χ4n) is 1.52. The highest BCUT2D eigenvalue weighted by atomic mass is 35.5. The fourth-order valence-corrected chi connectivity index (χ4v) is 1.82. The Balaban J connectivity index is 2.91. The minimum absolute atomic E-state index is 0.0742. The Labute approximate surface area is 103 Å². The van der Waals surface area contributed by atoms with Gasteiger partial charge in [0.1, 0.15) is 5.38 Å². The first-order valence-electron chi connectivity index (χ1n) is 5.63. The van der Waals surface area contributed by atoms with Crippen LogP contribution in [0.5, 0.6) is 0 Å². The quantitative estimate of drug-likeness (QED) is 0.720. The third-order valence-electron chi connectivity index (χ3n) is 2.70. The van der Waals surface area contributed by atoms with Crippen molar-refractivity contribution in [2.45, 2.75) is 44.9 Å². The second-order valence-corrected chi connectivity index (χ2v) is 5.49. The number of alkyl halides is 1. The summed E-state index contributed by atoms with van der Waals surface area (Å²) in [5.74, 6) is 0.0742. The van der Waals surface area contributed by atoms with Crippen molar-refractivity contribution in [1.29, 1.82) is 0 Å². The lowest BCUT2D eigenvalue weighted by Gasteiger charge is -2.19. The third-order valence-corrected chi connectivity index (χ3v) is 3.20. The highest BCUT2D eigenvalue weighted by molar-refractivity contribution is 6.31. The fraction of sp³-hybridized carbons (Fsp3) is 0.500. The van der Waals surface area contributed by atoms with Gasteiger partial charge in [-0.3, -0.25) is 4.79 Å². The minimum atomic E-state index is -0.501. The van der Waals surface area contributed by atoms with E-state index in [1.165, 1.54) is 5.56 Å². The van der Waals surface area contributed by atoms with Crippen molar-refractivity contribution < 1.29 is 4.79 Å². The van der Waals surface area contributed by atoms with Gasteiger partial charge in [0.05, 0.1) is 0 Å². The van der Waals surface area contributed by atoms with Gasteiger partial charge in [-0.1, -0.05) is 52.0 Å². The molecule has 0 aliphatic rings. The number of carbonyl (C=O) groups is 1. The second-order valence-electron chi connectivity index (χ2n) is 5.05. The summed E-state index contributed by atoms with van der Waals surface area (Å²) in [5.41, 5.74) is 2.28. The molecule has 0 saturated heterocycles. The van der Waals surface area contributed by atoms with Gasteiger partial charge in [-0.15, -0.1) is 11.6 Å². The van der Waals surface area contributed by atoms with Crippen LogP contribution < -0.4 is 0 Å². The molecule has 1 nitrogen and oxygen atoms in total. The zero-order chi connectivity index (χ0) is 12.3. The highest BCUT2D eigenvalue weighted by Gasteiger charge is 2.17. The van der Waals surface area contributed by atoms with E-state index in [0.717, 1.165) is 5.56 Å². The summed E-state index contributed by atoms with van der Waals surface area (Å²) in [4.78, 5) is 11.5. The van der Waals surface area contributed by atoms with Gasteiger partial charge in [0.25, 0.3) is 0 Å². The topological polar surface area (TPSA) is 17.1 Å². The summed E-state index contributed by atoms with van der Waals surface area (Å²) in [6.07, 6.45) is 0.481. The summed E-state index contributed by atoms with van der Waals surface area (Å²) in [7, 11) is 0. The number of Topliss-reactive ketones (excluding diaryl/α,β-unsaturated/α-hetero) is 1. The van der Waals surface area contributed by atoms with Gasteiger partial charge in [-0.25, -0.2) is 0 Å². The Bertz CT molecular complexity index is 359. The van der Waals surface area contributed by atoms with Crippen LogP contribution in [0.15, 0.2) is 24.3 Å². The highest BCUT2D eigenvalue weighted by Crippen LogP contribution is 2.27. The Morgan fingerprint density at radius 3 is 2.12 bits per heavy atom. The van der Waals surface area contributed by atoms with Gasteiger partial charge in [0.2, 0.25) is 0 Å². The molecule has 0 heterocycles. The van der Waals surface area contributed by atoms with Gasteiger partial charge in [0, 0.05) is 6.42 Å². The SMILES string of the molecule is CCC(=O)C(Cl)c1ccc(C(C)(C)C)cc1. The summed E-state index contributed by atoms with van der Waals surface area (Å²) in [5, 5.41) is -0.501. The molecule has 1 aromatic carbocycles. The molecule has 16 heavy (non-hydrogen) atoms. The van der Waals surface area contributed by atoms with Crippen molar-refractivity contribution >= 4 is 17.4 Å². The Hall–Kier alpha value is -0.820. The van der Waals surface area contributed by atoms with Crippen LogP contribution >= 0.6 is 11.6 Å². The van der Waals surface area contributed by atoms with E-state index in [1.807, 2.05) is 31.2 Å². The van der Waals surface area contributed by atoms with E-state index in [4.69, 9.17) is 11.6 Å². The number of hydrogen-bond donors (Lipinski definition) is 0. The van der Waals surface area contributed by atoms with Crippen LogP contribution in [0.1, 0.15) is 50.6 Å². The molecular formula is C14H19ClO. The van der Waals surface area contributed by atoms with E-state index in [1.54, 1.807) is 0 Å². The molecule has 0 aliphatic heterocycles. The predicted molar refractivity (Wildman–Crippen MR) is 69.0 cm³/mol. The van der Waals surface area contributed by atoms with E-state index in [9.17, 15) is 4.79 Å². The second kappa shape index (κ2) is 5.01. The molecule has 0 radical (unpaired) electrons. The normalized spacial score (nSPS) is 13.6. The minimum Gasteiger partial charge on any atom is -0.298 e. The summed E-state index contributed by atoms with van der Waals surface area (Å²) < 4.78 is 0. The van der Waals surface area contributed by atoms with Crippen LogP contribution in [-0.4, -0.2) is 5.78 Å². The van der Waals surface area contributed by atoms with Gasteiger partial charge >= 0.3 is 0 Å². The van der Waals surface area contributed by atoms with Crippen LogP contribution in [0.4, 0.5) is 0 Å². The van der Waals surface area contributed by atoms with E-state index in [2.05, 4.69) is 20.8 Å². The van der Waals surface area contributed by atoms with Crippen LogP contribution in [0.2, 0.25) is 0 Å². The molecule has 0 aromatic heterocycles. The lowest BCUT2D eigenvalue weighted by atomic mass is 9.86. The number of ketones is 1. The molecule has 0 amide bonds. The first-order valence-corrected chi connectivity index (χ1v) is 6.07. The molecule has 1 atom stereocenters. The maximum atomic E-state index is 11.5. The number of benzene rings is 1. The van der Waals surface area contributed by atoms with Crippen molar-refractivity contribution in [2.75, 3.05) is 0 Å². The molecule has 88 valence electrons. The maximum absolute atomic E-state index is 11.5. The van der Waals surface area contributed by atoms with Gasteiger partial charge in [-0.2, -0.15) is 0 Å². The molecule has 0 spiro atoms. The molecule has 1 aromatic rings. The average Bonchev–Trinajstić information content (AvgIpc) is 2.26. The van der Waals surface area contributed by atoms with E-state index < -0.39 is 5.38 Å². The van der Waals surface area contributed by atoms with Crippen molar-refractivity contribution in [3.63, 3.8) is 0 Å². The van der Waals surface area contributed by atoms with E-state index in [-0.39, 0.29) is 11.2 Å². The van der Waals surface area contributed by atoms with Crippen molar-refractivity contribution in [1.82, 2.24) is 0 Å². The average molecular weight is 239 g/mol. The summed E-state index contributed by atoms with van der Waals surface area (Å²) in [6.45, 7) is 8.33. The van der Waals surface area contributed by atoms with Crippen LogP contribution in [0, 0.1) is 0 Å². The molecule has 0 bridgehead atoms. The Morgan fingerprint density at radius 1 is 1.25 bits per heavy atom. The molecule has 1 rings (SSSR count). The lowest BCUT2D eigenvalue weighted by molar-refractivity contribution is -0.118. The van der Waals surface area contributed by atoms with Crippen LogP contribution in [0.3, 0.4) is 0 Å². The largest absolute Gasteiger partial charge is 0.298 e. The lowest BCUT2D eigenvalue weighted by Crippen LogP contribution is -2.11. The predicted octanol–water partition coefficient (Wildman–Crippen LogP) is 4.24. The molecule has 1 unspecified atom stereocenters. The van der Waals surface area contributed by atoms with E-state index in [0.29, 0.717) is 6.42 Å². The zero-order valence-corrected chi connectivity index (χ0v) is 11.1. The monoisotopic (exact) mass is 238 g/mol. The zero-order valence-electron chi connectivity index (χ0n) is 10.4. The number of halogens is 1. The van der Waals surface area contributed by atoms with Crippen molar-refractivity contribution in [3.8, 4) is 0 Å². The Morgan fingerprint density at radius 2 is 1.75 bits per heavy atom. The number of hydrogen-bond acceptors (Lipinski definition) is 1. The summed E-state index contributed by atoms with van der Waals surface area (Å²) in [6, 6.07) is 8.00. The first kappa shape index (κ1) is 13.2. The number of rotatable bonds is 3. The van der Waals surface area contributed by atoms with Gasteiger partial charge in [0.15, 0.2) is 5.78 Å². The maximum Gasteiger partial charge on any atom is 0.154 e. The standard InChI is InChI=1S/C14H19ClO/c1-5-12(16)13(15)10-6-8-11(9-7-10)14(2,3)4/h6-9,13H,5H2,1-4H3. The number of carbonyl (C=O) groups excluding carboxylic acids is 1. The van der Waals surface area contributed by atoms with Crippen molar-refractivity contribution in [3.05, 3.63) is 35.4 Å². The van der Waals surface area contributed by atoms with Crippen LogP contribution in [-0.2, 0) is 10.2 Å². The first-order chi connectivity index (χ1) is 7.36. The molecule has 0 fully saturated rings. The van der Waals surface area contributed by atoms with Gasteiger partial charge in [-0.05, 0) is 16.5 Å². The molecule has 2 heteroatoms. The van der Waals surface area contributed by atoms with Crippen molar-refractivity contribution in [2.24, 2.45) is 0 Å². The smallest absolute Gasteiger partial charge is 0.154 e. The van der Waals surface area contributed by atoms with Crippen LogP contribution in [0.25, 0.3) is 0 Å². The summed E-state index contributed by atoms with van der Waals surface area (Å²) >= 11 is 6.07. The third kappa shape index (κ3) is 3.08. The molecule has 0 N–H and O–H groups in total.